The number of benzene rings is 4. The molecule has 1 heterocycles. The molecular formula is C30H23NO6. The Morgan fingerprint density at radius 2 is 1.59 bits per heavy atom. The number of ether oxygens (including phenoxy) is 2. The van der Waals surface area contributed by atoms with Crippen molar-refractivity contribution < 1.29 is 28.7 Å². The Morgan fingerprint density at radius 1 is 0.892 bits per heavy atom. The summed E-state index contributed by atoms with van der Waals surface area (Å²) in [6.45, 7) is 2.16. The standard InChI is InChI=1S/C30H23NO6/c1-2-36-24-14-8-7-13-23(24)31-29(34)27(33)25(28-21-11-5-6-12-22(21)30(35)37-28)26(32)20-16-15-18-9-3-4-10-19(18)17-20/h3-17,25,28H,2H2,1H3,(H,31,34)/t25-,28+/m0/s1. The van der Waals surface area contributed by atoms with Gasteiger partial charge in [0, 0.05) is 11.1 Å². The molecule has 5 rings (SSSR count). The van der Waals surface area contributed by atoms with E-state index in [1.807, 2.05) is 24.3 Å². The number of rotatable bonds is 8. The van der Waals surface area contributed by atoms with Crippen LogP contribution in [0.4, 0.5) is 5.69 Å². The third-order valence-corrected chi connectivity index (χ3v) is 6.28. The molecule has 1 amide bonds. The lowest BCUT2D eigenvalue weighted by Crippen LogP contribution is -2.38. The first-order chi connectivity index (χ1) is 18.0. The van der Waals surface area contributed by atoms with E-state index >= 15 is 0 Å². The number of Topliss-reactive ketones (excluding diaryl/α,β-unsaturated/α-hetero) is 2. The number of carbonyl (C=O) groups excluding carboxylic acids is 4. The predicted octanol–water partition coefficient (Wildman–Crippen LogP) is 5.16. The van der Waals surface area contributed by atoms with Crippen LogP contribution in [0.3, 0.4) is 0 Å². The summed E-state index contributed by atoms with van der Waals surface area (Å²) in [4.78, 5) is 53.2. The molecule has 184 valence electrons. The van der Waals surface area contributed by atoms with Gasteiger partial charge in [0.2, 0.25) is 5.78 Å². The Bertz CT molecular complexity index is 1540. The number of hydrogen-bond acceptors (Lipinski definition) is 6. The van der Waals surface area contributed by atoms with Gasteiger partial charge >= 0.3 is 5.97 Å². The maximum atomic E-state index is 13.8. The fourth-order valence-corrected chi connectivity index (χ4v) is 4.51. The number of anilines is 1. The summed E-state index contributed by atoms with van der Waals surface area (Å²) in [5, 5.41) is 4.29. The maximum Gasteiger partial charge on any atom is 0.339 e. The number of esters is 1. The van der Waals surface area contributed by atoms with Crippen LogP contribution in [0.2, 0.25) is 0 Å². The van der Waals surface area contributed by atoms with Crippen molar-refractivity contribution in [3.63, 3.8) is 0 Å². The van der Waals surface area contributed by atoms with Crippen LogP contribution >= 0.6 is 0 Å². The minimum absolute atomic E-state index is 0.236. The number of nitrogens with one attached hydrogen (secondary N) is 1. The monoisotopic (exact) mass is 493 g/mol. The van der Waals surface area contributed by atoms with E-state index < -0.39 is 35.5 Å². The molecular weight excluding hydrogens is 470 g/mol. The smallest absolute Gasteiger partial charge is 0.339 e. The Kier molecular flexibility index (Phi) is 6.51. The van der Waals surface area contributed by atoms with Crippen LogP contribution in [0.1, 0.15) is 39.3 Å². The summed E-state index contributed by atoms with van der Waals surface area (Å²) in [6.07, 6.45) is -1.23. The quantitative estimate of drug-likeness (QED) is 0.158. The SMILES string of the molecule is CCOc1ccccc1NC(=O)C(=O)[C@H](C(=O)c1ccc2ccccc2c1)[C@@H]1OC(=O)c2ccccc21. The average Bonchev–Trinajstić information content (AvgIpc) is 3.25. The predicted molar refractivity (Wildman–Crippen MR) is 138 cm³/mol. The third kappa shape index (κ3) is 4.59. The number of carbonyl (C=O) groups is 4. The highest BCUT2D eigenvalue weighted by molar-refractivity contribution is 6.45. The molecule has 2 atom stereocenters. The Labute approximate surface area is 213 Å². The van der Waals surface area contributed by atoms with Crippen LogP contribution in [0.25, 0.3) is 10.8 Å². The Balaban J connectivity index is 1.53. The highest BCUT2D eigenvalue weighted by Crippen LogP contribution is 2.38. The minimum atomic E-state index is -1.58. The molecule has 0 unspecified atom stereocenters. The number of amides is 1. The van der Waals surface area contributed by atoms with Gasteiger partial charge in [-0.25, -0.2) is 4.79 Å². The molecule has 0 aromatic heterocycles. The zero-order valence-corrected chi connectivity index (χ0v) is 20.0. The molecule has 4 aromatic rings. The molecule has 1 aliphatic rings. The lowest BCUT2D eigenvalue weighted by atomic mass is 9.84. The molecule has 0 spiro atoms. The van der Waals surface area contributed by atoms with Gasteiger partial charge < -0.3 is 14.8 Å². The zero-order chi connectivity index (χ0) is 25.9. The van der Waals surface area contributed by atoms with Gasteiger partial charge in [-0.2, -0.15) is 0 Å². The number of hydrogen-bond donors (Lipinski definition) is 1. The van der Waals surface area contributed by atoms with Crippen LogP contribution in [-0.2, 0) is 14.3 Å². The molecule has 4 aromatic carbocycles. The molecule has 0 saturated carbocycles. The fourth-order valence-electron chi connectivity index (χ4n) is 4.51. The topological polar surface area (TPSA) is 98.8 Å². The van der Waals surface area contributed by atoms with Crippen LogP contribution < -0.4 is 10.1 Å². The number of cyclic esters (lactones) is 1. The van der Waals surface area contributed by atoms with Gasteiger partial charge in [0.15, 0.2) is 5.78 Å². The Hall–Kier alpha value is -4.78. The van der Waals surface area contributed by atoms with Crippen LogP contribution in [0, 0.1) is 5.92 Å². The molecule has 0 bridgehead atoms. The number of para-hydroxylation sites is 2. The van der Waals surface area contributed by atoms with E-state index in [4.69, 9.17) is 9.47 Å². The fraction of sp³-hybridized carbons (Fsp3) is 0.133. The molecule has 37 heavy (non-hydrogen) atoms. The second-order valence-corrected chi connectivity index (χ2v) is 8.56. The lowest BCUT2D eigenvalue weighted by Gasteiger charge is -2.21. The van der Waals surface area contributed by atoms with Crippen molar-refractivity contribution in [1.82, 2.24) is 0 Å². The van der Waals surface area contributed by atoms with Crippen molar-refractivity contribution in [3.05, 3.63) is 108 Å². The van der Waals surface area contributed by atoms with Crippen molar-refractivity contribution in [2.75, 3.05) is 11.9 Å². The molecule has 0 aliphatic carbocycles. The van der Waals surface area contributed by atoms with E-state index in [0.717, 1.165) is 10.8 Å². The van der Waals surface area contributed by atoms with E-state index in [9.17, 15) is 19.2 Å². The molecule has 0 saturated heterocycles. The van der Waals surface area contributed by atoms with Crippen molar-refractivity contribution >= 4 is 39.9 Å². The number of fused-ring (bicyclic) bond motifs is 2. The van der Waals surface area contributed by atoms with Gasteiger partial charge in [-0.05, 0) is 42.0 Å². The minimum Gasteiger partial charge on any atom is -0.492 e. The molecule has 0 radical (unpaired) electrons. The van der Waals surface area contributed by atoms with Crippen molar-refractivity contribution in [2.45, 2.75) is 13.0 Å². The van der Waals surface area contributed by atoms with Gasteiger partial charge in [-0.3, -0.25) is 14.4 Å². The summed E-state index contributed by atoms with van der Waals surface area (Å²) in [5.74, 6) is -4.47. The van der Waals surface area contributed by atoms with Gasteiger partial charge in [0.1, 0.15) is 17.8 Å². The van der Waals surface area contributed by atoms with Crippen LogP contribution in [-0.4, -0.2) is 30.0 Å². The highest BCUT2D eigenvalue weighted by Gasteiger charge is 2.46. The summed E-state index contributed by atoms with van der Waals surface area (Å²) in [5.41, 5.74) is 1.18. The first-order valence-corrected chi connectivity index (χ1v) is 11.9. The summed E-state index contributed by atoms with van der Waals surface area (Å²) < 4.78 is 11.1. The maximum absolute atomic E-state index is 13.8. The Morgan fingerprint density at radius 3 is 2.41 bits per heavy atom. The van der Waals surface area contributed by atoms with E-state index in [-0.39, 0.29) is 11.1 Å². The average molecular weight is 494 g/mol. The normalized spacial score (nSPS) is 14.9. The summed E-state index contributed by atoms with van der Waals surface area (Å²) in [7, 11) is 0. The molecule has 7 nitrogen and oxygen atoms in total. The van der Waals surface area contributed by atoms with Crippen LogP contribution in [0.5, 0.6) is 5.75 Å². The molecule has 1 aliphatic heterocycles. The molecule has 0 fully saturated rings. The largest absolute Gasteiger partial charge is 0.492 e. The lowest BCUT2D eigenvalue weighted by molar-refractivity contribution is -0.138. The van der Waals surface area contributed by atoms with Gasteiger partial charge in [-0.1, -0.05) is 66.7 Å². The van der Waals surface area contributed by atoms with Crippen molar-refractivity contribution in [2.24, 2.45) is 5.92 Å². The van der Waals surface area contributed by atoms with Gasteiger partial charge in [0.05, 0.1) is 17.9 Å². The zero-order valence-electron chi connectivity index (χ0n) is 20.0. The number of ketones is 2. The van der Waals surface area contributed by atoms with E-state index in [0.29, 0.717) is 23.6 Å². The van der Waals surface area contributed by atoms with Crippen molar-refractivity contribution in [3.8, 4) is 5.75 Å². The van der Waals surface area contributed by atoms with Gasteiger partial charge in [0.25, 0.3) is 5.91 Å². The van der Waals surface area contributed by atoms with Crippen LogP contribution in [0.15, 0.2) is 91.0 Å². The molecule has 7 heteroatoms. The van der Waals surface area contributed by atoms with E-state index in [1.165, 1.54) is 0 Å². The third-order valence-electron chi connectivity index (χ3n) is 6.28. The van der Waals surface area contributed by atoms with Gasteiger partial charge in [-0.15, -0.1) is 0 Å². The first-order valence-electron chi connectivity index (χ1n) is 11.9. The van der Waals surface area contributed by atoms with Crippen molar-refractivity contribution in [1.29, 1.82) is 0 Å². The molecule has 1 N–H and O–H groups in total. The van der Waals surface area contributed by atoms with E-state index in [1.54, 1.807) is 73.7 Å². The second kappa shape index (κ2) is 10.1. The summed E-state index contributed by atoms with van der Waals surface area (Å²) >= 11 is 0. The second-order valence-electron chi connectivity index (χ2n) is 8.56. The van der Waals surface area contributed by atoms with E-state index in [2.05, 4.69) is 5.32 Å². The summed E-state index contributed by atoms with van der Waals surface area (Å²) in [6, 6.07) is 25.8. The highest BCUT2D eigenvalue weighted by atomic mass is 16.5. The first kappa shape index (κ1) is 23.9.